The minimum Gasteiger partial charge on any atom is -0.310 e. The molecular formula is C8H15NO. The van der Waals surface area contributed by atoms with Crippen LogP contribution in [0.1, 0.15) is 26.7 Å². The Balaban J connectivity index is 2.54. The van der Waals surface area contributed by atoms with Crippen molar-refractivity contribution in [3.63, 3.8) is 0 Å². The van der Waals surface area contributed by atoms with E-state index < -0.39 is 0 Å². The van der Waals surface area contributed by atoms with Gasteiger partial charge in [-0.1, -0.05) is 13.8 Å². The molecule has 0 saturated carbocycles. The number of rotatable bonds is 0. The van der Waals surface area contributed by atoms with Gasteiger partial charge in [-0.15, -0.1) is 0 Å². The van der Waals surface area contributed by atoms with Gasteiger partial charge in [0.25, 0.3) is 0 Å². The molecule has 0 spiro atoms. The number of hydrogen-bond acceptors (Lipinski definition) is 2. The quantitative estimate of drug-likeness (QED) is 0.544. The number of Topliss-reactive ketones (excluding diaryl/α,β-unsaturated/α-hetero) is 1. The highest BCUT2D eigenvalue weighted by Crippen LogP contribution is 2.25. The first-order chi connectivity index (χ1) is 4.60. The molecule has 0 amide bonds. The summed E-state index contributed by atoms with van der Waals surface area (Å²) in [5.74, 6) is 0.350. The largest absolute Gasteiger partial charge is 0.310 e. The van der Waals surface area contributed by atoms with E-state index in [2.05, 4.69) is 19.2 Å². The number of ketones is 1. The molecule has 2 heteroatoms. The number of hydrogen-bond donors (Lipinski definition) is 1. The maximum Gasteiger partial charge on any atom is 0.147 e. The van der Waals surface area contributed by atoms with Crippen LogP contribution < -0.4 is 5.32 Å². The van der Waals surface area contributed by atoms with E-state index in [4.69, 9.17) is 0 Å². The summed E-state index contributed by atoms with van der Waals surface area (Å²) in [7, 11) is 0. The first-order valence-corrected chi connectivity index (χ1v) is 3.83. The number of carbonyl (C=O) groups is 1. The smallest absolute Gasteiger partial charge is 0.147 e. The molecule has 10 heavy (non-hydrogen) atoms. The van der Waals surface area contributed by atoms with Crippen molar-refractivity contribution in [1.82, 2.24) is 5.32 Å². The van der Waals surface area contributed by atoms with Crippen LogP contribution in [-0.4, -0.2) is 18.9 Å². The minimum absolute atomic E-state index is 0.223. The van der Waals surface area contributed by atoms with Crippen LogP contribution in [0.2, 0.25) is 0 Å². The molecule has 1 rings (SSSR count). The van der Waals surface area contributed by atoms with Crippen molar-refractivity contribution in [3.05, 3.63) is 0 Å². The highest BCUT2D eigenvalue weighted by Gasteiger charge is 2.23. The fraction of sp³-hybridized carbons (Fsp3) is 0.875. The Morgan fingerprint density at radius 3 is 2.90 bits per heavy atom. The predicted molar refractivity (Wildman–Crippen MR) is 40.9 cm³/mol. The second-order valence-electron chi connectivity index (χ2n) is 3.81. The highest BCUT2D eigenvalue weighted by atomic mass is 16.1. The van der Waals surface area contributed by atoms with E-state index in [1.807, 2.05) is 0 Å². The first-order valence-electron chi connectivity index (χ1n) is 3.83. The summed E-state index contributed by atoms with van der Waals surface area (Å²) < 4.78 is 0. The Bertz CT molecular complexity index is 140. The third-order valence-corrected chi connectivity index (χ3v) is 1.98. The van der Waals surface area contributed by atoms with E-state index in [0.717, 1.165) is 19.4 Å². The Labute approximate surface area is 62.0 Å². The molecule has 0 unspecified atom stereocenters. The third kappa shape index (κ3) is 2.10. The van der Waals surface area contributed by atoms with Gasteiger partial charge in [-0.05, 0) is 18.4 Å². The van der Waals surface area contributed by atoms with Gasteiger partial charge in [-0.3, -0.25) is 4.79 Å². The van der Waals surface area contributed by atoms with Crippen LogP contribution in [0.15, 0.2) is 0 Å². The lowest BCUT2D eigenvalue weighted by Gasteiger charge is -2.19. The van der Waals surface area contributed by atoms with Crippen molar-refractivity contribution in [2.75, 3.05) is 13.1 Å². The maximum atomic E-state index is 11.0. The third-order valence-electron chi connectivity index (χ3n) is 1.98. The predicted octanol–water partition coefficient (Wildman–Crippen LogP) is 0.965. The van der Waals surface area contributed by atoms with Gasteiger partial charge < -0.3 is 5.32 Å². The normalized spacial score (nSPS) is 26.0. The van der Waals surface area contributed by atoms with Crippen molar-refractivity contribution in [3.8, 4) is 0 Å². The van der Waals surface area contributed by atoms with Gasteiger partial charge in [0.15, 0.2) is 0 Å². The SMILES string of the molecule is CC1(C)CCNCC(=O)C1. The minimum atomic E-state index is 0.223. The molecule has 0 bridgehead atoms. The Hall–Kier alpha value is -0.370. The van der Waals surface area contributed by atoms with Gasteiger partial charge >= 0.3 is 0 Å². The van der Waals surface area contributed by atoms with E-state index in [1.165, 1.54) is 0 Å². The van der Waals surface area contributed by atoms with Gasteiger partial charge in [0.1, 0.15) is 5.78 Å². The standard InChI is InChI=1S/C8H15NO/c1-8(2)3-4-9-6-7(10)5-8/h9H,3-6H2,1-2H3. The number of carbonyl (C=O) groups excluding carboxylic acids is 1. The Morgan fingerprint density at radius 1 is 1.50 bits per heavy atom. The molecule has 1 saturated heterocycles. The summed E-state index contributed by atoms with van der Waals surface area (Å²) in [6.45, 7) is 5.86. The average Bonchev–Trinajstić information content (AvgIpc) is 1.90. The molecule has 1 N–H and O–H groups in total. The van der Waals surface area contributed by atoms with Crippen LogP contribution in [0.5, 0.6) is 0 Å². The van der Waals surface area contributed by atoms with Crippen molar-refractivity contribution >= 4 is 5.78 Å². The van der Waals surface area contributed by atoms with Gasteiger partial charge in [-0.25, -0.2) is 0 Å². The van der Waals surface area contributed by atoms with E-state index in [-0.39, 0.29) is 5.41 Å². The van der Waals surface area contributed by atoms with Crippen molar-refractivity contribution in [2.45, 2.75) is 26.7 Å². The van der Waals surface area contributed by atoms with Crippen LogP contribution in [0.4, 0.5) is 0 Å². The van der Waals surface area contributed by atoms with Crippen LogP contribution >= 0.6 is 0 Å². The lowest BCUT2D eigenvalue weighted by atomic mass is 9.85. The van der Waals surface area contributed by atoms with Gasteiger partial charge in [0, 0.05) is 6.42 Å². The molecule has 0 aromatic carbocycles. The van der Waals surface area contributed by atoms with Crippen LogP contribution in [0, 0.1) is 5.41 Å². The Kier molecular flexibility index (Phi) is 2.09. The lowest BCUT2D eigenvalue weighted by Crippen LogP contribution is -2.19. The molecule has 0 atom stereocenters. The van der Waals surface area contributed by atoms with Crippen molar-refractivity contribution in [2.24, 2.45) is 5.41 Å². The average molecular weight is 141 g/mol. The molecule has 2 nitrogen and oxygen atoms in total. The summed E-state index contributed by atoms with van der Waals surface area (Å²) in [6, 6.07) is 0. The zero-order valence-corrected chi connectivity index (χ0v) is 6.74. The van der Waals surface area contributed by atoms with E-state index in [1.54, 1.807) is 0 Å². The lowest BCUT2D eigenvalue weighted by molar-refractivity contribution is -0.119. The monoisotopic (exact) mass is 141 g/mol. The van der Waals surface area contributed by atoms with E-state index in [9.17, 15) is 4.79 Å². The molecule has 1 aliphatic rings. The van der Waals surface area contributed by atoms with Gasteiger partial charge in [0.2, 0.25) is 0 Å². The van der Waals surface area contributed by atoms with Crippen LogP contribution in [0.25, 0.3) is 0 Å². The molecule has 0 radical (unpaired) electrons. The zero-order valence-electron chi connectivity index (χ0n) is 6.74. The topological polar surface area (TPSA) is 29.1 Å². The van der Waals surface area contributed by atoms with E-state index >= 15 is 0 Å². The summed E-state index contributed by atoms with van der Waals surface area (Å²) in [5, 5.41) is 3.10. The maximum absolute atomic E-state index is 11.0. The molecular weight excluding hydrogens is 126 g/mol. The zero-order chi connectivity index (χ0) is 7.61. The second-order valence-corrected chi connectivity index (χ2v) is 3.81. The highest BCUT2D eigenvalue weighted by molar-refractivity contribution is 5.81. The summed E-state index contributed by atoms with van der Waals surface area (Å²) in [5.41, 5.74) is 0.223. The first kappa shape index (κ1) is 7.73. The molecule has 0 aliphatic carbocycles. The molecule has 58 valence electrons. The molecule has 0 aromatic heterocycles. The van der Waals surface area contributed by atoms with Crippen molar-refractivity contribution < 1.29 is 4.79 Å². The summed E-state index contributed by atoms with van der Waals surface area (Å²) in [6.07, 6.45) is 1.85. The summed E-state index contributed by atoms with van der Waals surface area (Å²) >= 11 is 0. The molecule has 0 aromatic rings. The fourth-order valence-corrected chi connectivity index (χ4v) is 1.34. The molecule has 1 aliphatic heterocycles. The summed E-state index contributed by atoms with van der Waals surface area (Å²) in [4.78, 5) is 11.0. The van der Waals surface area contributed by atoms with Crippen LogP contribution in [-0.2, 0) is 4.79 Å². The van der Waals surface area contributed by atoms with Gasteiger partial charge in [-0.2, -0.15) is 0 Å². The van der Waals surface area contributed by atoms with Gasteiger partial charge in [0.05, 0.1) is 6.54 Å². The van der Waals surface area contributed by atoms with E-state index in [0.29, 0.717) is 12.3 Å². The Morgan fingerprint density at radius 2 is 2.20 bits per heavy atom. The fourth-order valence-electron chi connectivity index (χ4n) is 1.34. The number of nitrogens with one attached hydrogen (secondary N) is 1. The second kappa shape index (κ2) is 2.70. The molecule has 1 heterocycles. The van der Waals surface area contributed by atoms with Crippen molar-refractivity contribution in [1.29, 1.82) is 0 Å². The van der Waals surface area contributed by atoms with Crippen LogP contribution in [0.3, 0.4) is 0 Å². The molecule has 1 fully saturated rings.